The van der Waals surface area contributed by atoms with E-state index >= 15 is 0 Å². The van der Waals surface area contributed by atoms with Crippen LogP contribution in [0.25, 0.3) is 0 Å². The van der Waals surface area contributed by atoms with Crippen LogP contribution in [-0.2, 0) is 9.53 Å². The molecule has 1 aliphatic carbocycles. The summed E-state index contributed by atoms with van der Waals surface area (Å²) in [6.07, 6.45) is 3.15. The molecule has 0 unspecified atom stereocenters. The van der Waals surface area contributed by atoms with Crippen LogP contribution in [0.15, 0.2) is 18.2 Å². The number of carbonyl (C=O) groups excluding carboxylic acids is 1. The first-order chi connectivity index (χ1) is 9.65. The smallest absolute Gasteiger partial charge is 0.308 e. The summed E-state index contributed by atoms with van der Waals surface area (Å²) in [4.78, 5) is 11.7. The van der Waals surface area contributed by atoms with Crippen molar-refractivity contribution in [3.05, 3.63) is 29.6 Å². The second-order valence-corrected chi connectivity index (χ2v) is 5.19. The summed E-state index contributed by atoms with van der Waals surface area (Å²) < 4.78 is 24.1. The van der Waals surface area contributed by atoms with E-state index in [2.05, 4.69) is 0 Å². The highest BCUT2D eigenvalue weighted by molar-refractivity contribution is 5.72. The second kappa shape index (κ2) is 6.73. The van der Waals surface area contributed by atoms with E-state index in [1.54, 1.807) is 19.2 Å². The second-order valence-electron chi connectivity index (χ2n) is 5.19. The topological polar surface area (TPSA) is 35.5 Å². The van der Waals surface area contributed by atoms with Crippen LogP contribution < -0.4 is 4.74 Å². The predicted octanol–water partition coefficient (Wildman–Crippen LogP) is 3.67. The van der Waals surface area contributed by atoms with Gasteiger partial charge in [0.2, 0.25) is 0 Å². The first-order valence-electron chi connectivity index (χ1n) is 7.15. The minimum absolute atomic E-state index is 0.0279. The van der Waals surface area contributed by atoms with Gasteiger partial charge in [-0.3, -0.25) is 4.79 Å². The Morgan fingerprint density at radius 2 is 2.00 bits per heavy atom. The molecule has 4 heteroatoms. The highest BCUT2D eigenvalue weighted by Crippen LogP contribution is 2.38. The minimum Gasteiger partial charge on any atom is -0.497 e. The molecule has 2 rings (SSSR count). The first-order valence-corrected chi connectivity index (χ1v) is 7.15. The zero-order valence-corrected chi connectivity index (χ0v) is 12.0. The fourth-order valence-electron chi connectivity index (χ4n) is 2.86. The molecule has 1 aromatic carbocycles. The van der Waals surface area contributed by atoms with Crippen molar-refractivity contribution in [1.29, 1.82) is 0 Å². The van der Waals surface area contributed by atoms with Gasteiger partial charge >= 0.3 is 5.97 Å². The number of esters is 1. The number of methoxy groups -OCH3 is 1. The van der Waals surface area contributed by atoms with E-state index in [0.717, 1.165) is 25.7 Å². The predicted molar refractivity (Wildman–Crippen MR) is 74.3 cm³/mol. The van der Waals surface area contributed by atoms with Gasteiger partial charge < -0.3 is 9.47 Å². The standard InChI is InChI=1S/C16H21FO3/c1-3-20-16(18)12-6-4-11(5-7-12)14-10-13(19-2)8-9-15(14)17/h8-12H,3-7H2,1-2H3. The molecule has 0 heterocycles. The van der Waals surface area contributed by atoms with Crippen LogP contribution in [0.2, 0.25) is 0 Å². The zero-order valence-electron chi connectivity index (χ0n) is 12.0. The quantitative estimate of drug-likeness (QED) is 0.789. The van der Waals surface area contributed by atoms with Crippen LogP contribution in [0.3, 0.4) is 0 Å². The van der Waals surface area contributed by atoms with Crippen LogP contribution in [0.5, 0.6) is 5.75 Å². The molecule has 0 saturated heterocycles. The van der Waals surface area contributed by atoms with Crippen molar-refractivity contribution in [3.8, 4) is 5.75 Å². The van der Waals surface area contributed by atoms with Crippen molar-refractivity contribution in [2.75, 3.05) is 13.7 Å². The SMILES string of the molecule is CCOC(=O)C1CCC(c2cc(OC)ccc2F)CC1. The Hall–Kier alpha value is -1.58. The number of rotatable bonds is 4. The molecule has 0 radical (unpaired) electrons. The normalized spacial score (nSPS) is 22.4. The van der Waals surface area contributed by atoms with Gasteiger partial charge in [0.25, 0.3) is 0 Å². The third-order valence-electron chi connectivity index (χ3n) is 3.99. The fraction of sp³-hybridized carbons (Fsp3) is 0.562. The molecule has 0 bridgehead atoms. The first kappa shape index (κ1) is 14.8. The van der Waals surface area contributed by atoms with Crippen molar-refractivity contribution in [3.63, 3.8) is 0 Å². The molecule has 0 atom stereocenters. The van der Waals surface area contributed by atoms with Crippen molar-refractivity contribution in [1.82, 2.24) is 0 Å². The maximum atomic E-state index is 13.9. The molecular weight excluding hydrogens is 259 g/mol. The number of halogens is 1. The van der Waals surface area contributed by atoms with Crippen molar-refractivity contribution < 1.29 is 18.7 Å². The molecular formula is C16H21FO3. The third kappa shape index (κ3) is 3.30. The van der Waals surface area contributed by atoms with Crippen molar-refractivity contribution in [2.24, 2.45) is 5.92 Å². The van der Waals surface area contributed by atoms with Gasteiger partial charge in [-0.2, -0.15) is 0 Å². The lowest BCUT2D eigenvalue weighted by Crippen LogP contribution is -2.23. The van der Waals surface area contributed by atoms with E-state index in [1.165, 1.54) is 6.07 Å². The molecule has 0 aromatic heterocycles. The third-order valence-corrected chi connectivity index (χ3v) is 3.99. The molecule has 1 aromatic rings. The average molecular weight is 280 g/mol. The van der Waals surface area contributed by atoms with Crippen LogP contribution in [0, 0.1) is 11.7 Å². The minimum atomic E-state index is -0.189. The molecule has 20 heavy (non-hydrogen) atoms. The molecule has 1 fully saturated rings. The van der Waals surface area contributed by atoms with E-state index in [4.69, 9.17) is 9.47 Å². The molecule has 1 aliphatic rings. The van der Waals surface area contributed by atoms with Gasteiger partial charge in [-0.05, 0) is 62.3 Å². The Bertz CT molecular complexity index is 465. The van der Waals surface area contributed by atoms with Gasteiger partial charge in [-0.15, -0.1) is 0 Å². The molecule has 3 nitrogen and oxygen atoms in total. The van der Waals surface area contributed by atoms with Crippen molar-refractivity contribution >= 4 is 5.97 Å². The van der Waals surface area contributed by atoms with E-state index in [0.29, 0.717) is 17.9 Å². The van der Waals surface area contributed by atoms with Crippen LogP contribution >= 0.6 is 0 Å². The maximum absolute atomic E-state index is 13.9. The molecule has 0 N–H and O–H groups in total. The summed E-state index contributed by atoms with van der Waals surface area (Å²) in [6.45, 7) is 2.23. The van der Waals surface area contributed by atoms with E-state index in [9.17, 15) is 9.18 Å². The molecule has 1 saturated carbocycles. The lowest BCUT2D eigenvalue weighted by molar-refractivity contribution is -0.149. The Labute approximate surface area is 119 Å². The molecule has 0 spiro atoms. The van der Waals surface area contributed by atoms with E-state index in [-0.39, 0.29) is 23.6 Å². The van der Waals surface area contributed by atoms with Crippen LogP contribution in [0.4, 0.5) is 4.39 Å². The molecule has 110 valence electrons. The molecule has 0 aliphatic heterocycles. The highest BCUT2D eigenvalue weighted by atomic mass is 19.1. The van der Waals surface area contributed by atoms with Gasteiger partial charge in [0, 0.05) is 0 Å². The number of ether oxygens (including phenoxy) is 2. The summed E-state index contributed by atoms with van der Waals surface area (Å²) >= 11 is 0. The van der Waals surface area contributed by atoms with Crippen LogP contribution in [0.1, 0.15) is 44.1 Å². The van der Waals surface area contributed by atoms with Gasteiger partial charge in [-0.25, -0.2) is 4.39 Å². The maximum Gasteiger partial charge on any atom is 0.308 e. The van der Waals surface area contributed by atoms with Gasteiger partial charge in [0.15, 0.2) is 0 Å². The summed E-state index contributed by atoms with van der Waals surface area (Å²) in [7, 11) is 1.58. The Morgan fingerprint density at radius 1 is 1.30 bits per heavy atom. The lowest BCUT2D eigenvalue weighted by atomic mass is 9.78. The number of carbonyl (C=O) groups is 1. The lowest BCUT2D eigenvalue weighted by Gasteiger charge is -2.27. The van der Waals surface area contributed by atoms with Crippen LogP contribution in [-0.4, -0.2) is 19.7 Å². The van der Waals surface area contributed by atoms with Gasteiger partial charge in [0.1, 0.15) is 11.6 Å². The Balaban J connectivity index is 2.02. The number of hydrogen-bond acceptors (Lipinski definition) is 3. The summed E-state index contributed by atoms with van der Waals surface area (Å²) in [5, 5.41) is 0. The van der Waals surface area contributed by atoms with Gasteiger partial charge in [0.05, 0.1) is 19.6 Å². The zero-order chi connectivity index (χ0) is 14.5. The number of hydrogen-bond donors (Lipinski definition) is 0. The molecule has 0 amide bonds. The Morgan fingerprint density at radius 3 is 2.60 bits per heavy atom. The van der Waals surface area contributed by atoms with Gasteiger partial charge in [-0.1, -0.05) is 0 Å². The summed E-state index contributed by atoms with van der Waals surface area (Å²) in [5.74, 6) is 0.506. The fourth-order valence-corrected chi connectivity index (χ4v) is 2.86. The number of benzene rings is 1. The van der Waals surface area contributed by atoms with Crippen molar-refractivity contribution in [2.45, 2.75) is 38.5 Å². The summed E-state index contributed by atoms with van der Waals surface area (Å²) in [6, 6.07) is 4.85. The highest BCUT2D eigenvalue weighted by Gasteiger charge is 2.29. The van der Waals surface area contributed by atoms with E-state index in [1.807, 2.05) is 6.92 Å². The summed E-state index contributed by atoms with van der Waals surface area (Å²) in [5.41, 5.74) is 0.701. The Kier molecular flexibility index (Phi) is 4.99. The van der Waals surface area contributed by atoms with E-state index < -0.39 is 0 Å². The monoisotopic (exact) mass is 280 g/mol. The largest absolute Gasteiger partial charge is 0.497 e. The average Bonchev–Trinajstić information content (AvgIpc) is 2.48.